The van der Waals surface area contributed by atoms with Gasteiger partial charge in [-0.05, 0) is 13.8 Å². The second kappa shape index (κ2) is 5.75. The van der Waals surface area contributed by atoms with E-state index in [1.54, 1.807) is 6.92 Å². The van der Waals surface area contributed by atoms with Gasteiger partial charge < -0.3 is 20.7 Å². The van der Waals surface area contributed by atoms with Gasteiger partial charge in [0, 0.05) is 0 Å². The third-order valence-corrected chi connectivity index (χ3v) is 4.39. The largest absolute Gasteiger partial charge is 0.391 e. The summed E-state index contributed by atoms with van der Waals surface area (Å²) in [4.78, 5) is 20.7. The van der Waals surface area contributed by atoms with Crippen LogP contribution in [-0.4, -0.2) is 52.9 Å². The predicted molar refractivity (Wildman–Crippen MR) is 86.2 cm³/mol. The van der Waals surface area contributed by atoms with Crippen molar-refractivity contribution in [2.75, 3.05) is 5.73 Å². The van der Waals surface area contributed by atoms with Crippen molar-refractivity contribution in [1.82, 2.24) is 19.5 Å². The first-order valence-corrected chi connectivity index (χ1v) is 7.54. The third kappa shape index (κ3) is 2.35. The molecular formula is C14H16ClN5O4. The molecule has 0 aliphatic carbocycles. The fourth-order valence-corrected chi connectivity index (χ4v) is 3.17. The number of H-pyrrole nitrogens is 1. The molecule has 3 rings (SSSR count). The molecule has 0 amide bonds. The molecule has 10 heteroatoms. The minimum absolute atomic E-state index is 0.0475. The predicted octanol–water partition coefficient (Wildman–Crippen LogP) is -0.658. The van der Waals surface area contributed by atoms with Gasteiger partial charge in [0.25, 0.3) is 5.56 Å². The Balaban J connectivity index is 2.20. The highest BCUT2D eigenvalue weighted by atomic mass is 35.5. The number of ether oxygens (including phenoxy) is 1. The lowest BCUT2D eigenvalue weighted by molar-refractivity contribution is -0.0752. The van der Waals surface area contributed by atoms with Gasteiger partial charge in [-0.25, -0.2) is 4.98 Å². The molecule has 1 unspecified atom stereocenters. The topological polar surface area (TPSA) is 139 Å². The molecular weight excluding hydrogens is 338 g/mol. The SMILES string of the molecule is CC#CC1(Cl)[C@@H](O)[C@@H]([C@H](C)O)O[C@H]1n1cnc2c(=O)[nH]c(N)nc21. The van der Waals surface area contributed by atoms with Crippen molar-refractivity contribution in [3.63, 3.8) is 0 Å². The first kappa shape index (κ1) is 16.7. The monoisotopic (exact) mass is 353 g/mol. The number of anilines is 1. The number of hydrogen-bond donors (Lipinski definition) is 4. The molecule has 2 aromatic rings. The molecule has 5 N–H and O–H groups in total. The molecule has 2 aromatic heterocycles. The maximum atomic E-state index is 11.9. The Kier molecular flexibility index (Phi) is 4.01. The highest BCUT2D eigenvalue weighted by molar-refractivity contribution is 6.27. The number of aromatic amines is 1. The van der Waals surface area contributed by atoms with Crippen LogP contribution in [0.15, 0.2) is 11.1 Å². The second-order valence-corrected chi connectivity index (χ2v) is 6.18. The van der Waals surface area contributed by atoms with Crippen LogP contribution in [0.4, 0.5) is 5.95 Å². The Bertz CT molecular complexity index is 898. The quantitative estimate of drug-likeness (QED) is 0.415. The zero-order valence-electron chi connectivity index (χ0n) is 12.9. The third-order valence-electron chi connectivity index (χ3n) is 3.88. The van der Waals surface area contributed by atoms with E-state index >= 15 is 0 Å². The van der Waals surface area contributed by atoms with Gasteiger partial charge in [-0.2, -0.15) is 4.98 Å². The number of aliphatic hydroxyl groups is 2. The van der Waals surface area contributed by atoms with Crippen LogP contribution in [0.3, 0.4) is 0 Å². The first-order chi connectivity index (χ1) is 11.3. The summed E-state index contributed by atoms with van der Waals surface area (Å²) in [6.07, 6.45) is -2.95. The Morgan fingerprint density at radius 2 is 2.33 bits per heavy atom. The van der Waals surface area contributed by atoms with Crippen molar-refractivity contribution in [2.24, 2.45) is 0 Å². The molecule has 1 saturated heterocycles. The summed E-state index contributed by atoms with van der Waals surface area (Å²) in [5.74, 6) is 5.28. The number of aromatic nitrogens is 4. The van der Waals surface area contributed by atoms with Gasteiger partial charge in [-0.3, -0.25) is 14.3 Å². The van der Waals surface area contributed by atoms with Crippen molar-refractivity contribution in [1.29, 1.82) is 0 Å². The van der Waals surface area contributed by atoms with Crippen LogP contribution >= 0.6 is 11.6 Å². The zero-order chi connectivity index (χ0) is 17.6. The first-order valence-electron chi connectivity index (χ1n) is 7.16. The number of fused-ring (bicyclic) bond motifs is 1. The fraction of sp³-hybridized carbons (Fsp3) is 0.500. The molecule has 0 saturated carbocycles. The van der Waals surface area contributed by atoms with Crippen molar-refractivity contribution in [3.05, 3.63) is 16.7 Å². The van der Waals surface area contributed by atoms with Gasteiger partial charge in [0.1, 0.15) is 12.2 Å². The molecule has 5 atom stereocenters. The molecule has 0 spiro atoms. The number of hydrogen-bond acceptors (Lipinski definition) is 7. The summed E-state index contributed by atoms with van der Waals surface area (Å²) in [6.45, 7) is 3.04. The summed E-state index contributed by atoms with van der Waals surface area (Å²) >= 11 is 6.54. The van der Waals surface area contributed by atoms with Crippen LogP contribution in [0.25, 0.3) is 11.2 Å². The maximum Gasteiger partial charge on any atom is 0.280 e. The molecule has 0 radical (unpaired) electrons. The van der Waals surface area contributed by atoms with E-state index in [2.05, 4.69) is 26.8 Å². The maximum absolute atomic E-state index is 11.9. The standard InChI is InChI=1S/C14H16ClN5O4/c1-3-4-14(15)9(22)8(6(2)21)24-12(14)20-5-17-7-10(20)18-13(16)19-11(7)23/h5-6,8-9,12,21-22H,1-2H3,(H3,16,18,19,23)/t6-,8+,9-,12+,14?/m0/s1. The number of nitrogen functional groups attached to an aromatic ring is 1. The van der Waals surface area contributed by atoms with Crippen LogP contribution in [0, 0.1) is 11.8 Å². The number of halogens is 1. The van der Waals surface area contributed by atoms with Gasteiger partial charge in [0.2, 0.25) is 5.95 Å². The lowest BCUT2D eigenvalue weighted by Crippen LogP contribution is -2.43. The van der Waals surface area contributed by atoms with Gasteiger partial charge >= 0.3 is 0 Å². The summed E-state index contributed by atoms with van der Waals surface area (Å²) in [5, 5.41) is 20.3. The molecule has 1 aliphatic rings. The number of imidazole rings is 1. The van der Waals surface area contributed by atoms with E-state index in [4.69, 9.17) is 22.1 Å². The number of rotatable bonds is 2. The normalized spacial score (nSPS) is 31.0. The molecule has 1 aliphatic heterocycles. The number of alkyl halides is 1. The van der Waals surface area contributed by atoms with E-state index in [1.807, 2.05) is 0 Å². The van der Waals surface area contributed by atoms with E-state index in [-0.39, 0.29) is 17.1 Å². The molecule has 1 fully saturated rings. The molecule has 128 valence electrons. The van der Waals surface area contributed by atoms with Gasteiger partial charge in [0.05, 0.1) is 12.4 Å². The Morgan fingerprint density at radius 1 is 1.62 bits per heavy atom. The highest BCUT2D eigenvalue weighted by Crippen LogP contribution is 2.44. The second-order valence-electron chi connectivity index (χ2n) is 5.56. The number of nitrogens with two attached hydrogens (primary N) is 1. The van der Waals surface area contributed by atoms with E-state index in [0.29, 0.717) is 0 Å². The highest BCUT2D eigenvalue weighted by Gasteiger charge is 2.57. The van der Waals surface area contributed by atoms with Crippen LogP contribution in [0.1, 0.15) is 20.1 Å². The van der Waals surface area contributed by atoms with Gasteiger partial charge in [-0.15, -0.1) is 5.92 Å². The Labute approximate surface area is 141 Å². The molecule has 24 heavy (non-hydrogen) atoms. The summed E-state index contributed by atoms with van der Waals surface area (Å²) in [6, 6.07) is 0. The summed E-state index contributed by atoms with van der Waals surface area (Å²) in [5.41, 5.74) is 5.26. The number of aliphatic hydroxyl groups excluding tert-OH is 2. The average molecular weight is 354 g/mol. The van der Waals surface area contributed by atoms with Crippen molar-refractivity contribution in [2.45, 2.75) is 43.3 Å². The summed E-state index contributed by atoms with van der Waals surface area (Å²) in [7, 11) is 0. The lowest BCUT2D eigenvalue weighted by Gasteiger charge is -2.25. The number of nitrogens with zero attached hydrogens (tertiary/aromatic N) is 3. The number of nitrogens with one attached hydrogen (secondary N) is 1. The molecule has 3 heterocycles. The van der Waals surface area contributed by atoms with Crippen LogP contribution in [-0.2, 0) is 4.74 Å². The van der Waals surface area contributed by atoms with Crippen molar-refractivity contribution >= 4 is 28.7 Å². The minimum atomic E-state index is -1.55. The smallest absolute Gasteiger partial charge is 0.280 e. The van der Waals surface area contributed by atoms with Gasteiger partial charge in [-0.1, -0.05) is 17.5 Å². The van der Waals surface area contributed by atoms with Crippen LogP contribution < -0.4 is 11.3 Å². The van der Waals surface area contributed by atoms with Crippen molar-refractivity contribution in [3.8, 4) is 11.8 Å². The Hall–Kier alpha value is -2.12. The van der Waals surface area contributed by atoms with Crippen LogP contribution in [0.5, 0.6) is 0 Å². The zero-order valence-corrected chi connectivity index (χ0v) is 13.7. The molecule has 9 nitrogen and oxygen atoms in total. The molecule has 0 aromatic carbocycles. The van der Waals surface area contributed by atoms with E-state index in [9.17, 15) is 15.0 Å². The minimum Gasteiger partial charge on any atom is -0.391 e. The average Bonchev–Trinajstić information content (AvgIpc) is 3.00. The lowest BCUT2D eigenvalue weighted by atomic mass is 9.97. The summed E-state index contributed by atoms with van der Waals surface area (Å²) < 4.78 is 7.11. The fourth-order valence-electron chi connectivity index (χ4n) is 2.79. The van der Waals surface area contributed by atoms with E-state index in [0.717, 1.165) is 0 Å². The Morgan fingerprint density at radius 3 is 2.96 bits per heavy atom. The molecule has 0 bridgehead atoms. The van der Waals surface area contributed by atoms with E-state index in [1.165, 1.54) is 17.8 Å². The van der Waals surface area contributed by atoms with Gasteiger partial charge in [0.15, 0.2) is 22.3 Å². The van der Waals surface area contributed by atoms with Crippen molar-refractivity contribution < 1.29 is 14.9 Å². The van der Waals surface area contributed by atoms with E-state index < -0.39 is 35.0 Å². The van der Waals surface area contributed by atoms with Crippen LogP contribution in [0.2, 0.25) is 0 Å².